The molecule has 0 saturated carbocycles. The summed E-state index contributed by atoms with van der Waals surface area (Å²) in [7, 11) is 0. The molecule has 0 bridgehead atoms. The molecule has 2 N–H and O–H groups in total. The van der Waals surface area contributed by atoms with Gasteiger partial charge in [0.05, 0.1) is 5.92 Å². The molecule has 1 aliphatic heterocycles. The largest absolute Gasteiger partial charge is 0.484 e. The molecular weight excluding hydrogens is 382 g/mol. The quantitative estimate of drug-likeness (QED) is 0.702. The van der Waals surface area contributed by atoms with Crippen molar-refractivity contribution in [2.24, 2.45) is 5.92 Å². The Morgan fingerprint density at radius 3 is 2.57 bits per heavy atom. The Balaban J connectivity index is 1.52. The molecule has 30 heavy (non-hydrogen) atoms. The minimum Gasteiger partial charge on any atom is -0.484 e. The smallest absolute Gasteiger partial charge is 0.262 e. The number of para-hydroxylation sites is 1. The predicted octanol–water partition coefficient (Wildman–Crippen LogP) is 2.89. The first-order valence-corrected chi connectivity index (χ1v) is 10.1. The van der Waals surface area contributed by atoms with Gasteiger partial charge in [0.25, 0.3) is 5.91 Å². The van der Waals surface area contributed by atoms with Crippen LogP contribution >= 0.6 is 0 Å². The molecule has 1 aliphatic rings. The Morgan fingerprint density at radius 1 is 1.13 bits per heavy atom. The molecule has 3 rings (SSSR count). The number of anilines is 2. The minimum absolute atomic E-state index is 0.0714. The molecule has 0 spiro atoms. The molecule has 1 saturated heterocycles. The molecule has 0 aromatic heterocycles. The van der Waals surface area contributed by atoms with Crippen LogP contribution in [0.5, 0.6) is 5.75 Å². The van der Waals surface area contributed by atoms with Gasteiger partial charge in [-0.05, 0) is 49.2 Å². The zero-order chi connectivity index (χ0) is 21.5. The van der Waals surface area contributed by atoms with Gasteiger partial charge in [-0.2, -0.15) is 0 Å². The van der Waals surface area contributed by atoms with E-state index in [1.54, 1.807) is 29.2 Å². The third-order valence-electron chi connectivity index (χ3n) is 4.98. The lowest BCUT2D eigenvalue weighted by molar-refractivity contribution is -0.126. The lowest BCUT2D eigenvalue weighted by Gasteiger charge is -2.17. The predicted molar refractivity (Wildman–Crippen MR) is 116 cm³/mol. The maximum absolute atomic E-state index is 12.3. The second-order valence-corrected chi connectivity index (χ2v) is 7.34. The summed E-state index contributed by atoms with van der Waals surface area (Å²) >= 11 is 0. The molecule has 7 heteroatoms. The summed E-state index contributed by atoms with van der Waals surface area (Å²) in [6, 6.07) is 14.5. The van der Waals surface area contributed by atoms with E-state index in [0.717, 1.165) is 17.7 Å². The van der Waals surface area contributed by atoms with Gasteiger partial charge >= 0.3 is 0 Å². The highest BCUT2D eigenvalue weighted by molar-refractivity contribution is 6.00. The number of carbonyl (C=O) groups is 3. The number of benzene rings is 2. The van der Waals surface area contributed by atoms with Crippen LogP contribution in [-0.2, 0) is 14.4 Å². The Kier molecular flexibility index (Phi) is 7.06. The fraction of sp³-hybridized carbons (Fsp3) is 0.348. The first-order chi connectivity index (χ1) is 14.5. The SMILES string of the molecule is CCCNC(=O)[C@@H]1CC(=O)N(c2ccc(OCC(=O)Nc3ccccc3C)cc2)C1. The molecule has 2 aromatic rings. The monoisotopic (exact) mass is 409 g/mol. The first kappa shape index (κ1) is 21.4. The highest BCUT2D eigenvalue weighted by atomic mass is 16.5. The van der Waals surface area contributed by atoms with Crippen molar-refractivity contribution in [3.8, 4) is 5.75 Å². The summed E-state index contributed by atoms with van der Waals surface area (Å²) in [5.74, 6) is -0.193. The van der Waals surface area contributed by atoms with Crippen LogP contribution in [0.3, 0.4) is 0 Å². The van der Waals surface area contributed by atoms with E-state index < -0.39 is 0 Å². The van der Waals surface area contributed by atoms with Gasteiger partial charge in [-0.25, -0.2) is 0 Å². The van der Waals surface area contributed by atoms with Crippen molar-refractivity contribution >= 4 is 29.1 Å². The van der Waals surface area contributed by atoms with Crippen molar-refractivity contribution in [2.75, 3.05) is 29.9 Å². The average Bonchev–Trinajstić information content (AvgIpc) is 3.14. The van der Waals surface area contributed by atoms with E-state index in [2.05, 4.69) is 10.6 Å². The van der Waals surface area contributed by atoms with Gasteiger partial charge in [0.15, 0.2) is 6.61 Å². The van der Waals surface area contributed by atoms with E-state index >= 15 is 0 Å². The van der Waals surface area contributed by atoms with Crippen LogP contribution in [0.15, 0.2) is 48.5 Å². The van der Waals surface area contributed by atoms with E-state index in [1.165, 1.54) is 0 Å². The Hall–Kier alpha value is -3.35. The van der Waals surface area contributed by atoms with Crippen LogP contribution in [0.2, 0.25) is 0 Å². The second kappa shape index (κ2) is 9.91. The lowest BCUT2D eigenvalue weighted by atomic mass is 10.1. The minimum atomic E-state index is -0.329. The lowest BCUT2D eigenvalue weighted by Crippen LogP contribution is -2.33. The van der Waals surface area contributed by atoms with Gasteiger partial charge in [0, 0.05) is 30.9 Å². The maximum atomic E-state index is 12.3. The zero-order valence-electron chi connectivity index (χ0n) is 17.3. The van der Waals surface area contributed by atoms with Gasteiger partial charge in [-0.3, -0.25) is 14.4 Å². The van der Waals surface area contributed by atoms with Crippen LogP contribution in [0, 0.1) is 12.8 Å². The van der Waals surface area contributed by atoms with Crippen LogP contribution in [0.25, 0.3) is 0 Å². The van der Waals surface area contributed by atoms with Crippen molar-refractivity contribution in [3.63, 3.8) is 0 Å². The van der Waals surface area contributed by atoms with Crippen LogP contribution in [-0.4, -0.2) is 37.4 Å². The second-order valence-electron chi connectivity index (χ2n) is 7.34. The normalized spacial score (nSPS) is 15.7. The van der Waals surface area contributed by atoms with E-state index in [1.807, 2.05) is 38.1 Å². The number of hydrogen-bond acceptors (Lipinski definition) is 4. The maximum Gasteiger partial charge on any atom is 0.262 e. The van der Waals surface area contributed by atoms with Crippen LogP contribution in [0.4, 0.5) is 11.4 Å². The molecule has 1 fully saturated rings. The summed E-state index contributed by atoms with van der Waals surface area (Å²) in [6.07, 6.45) is 1.08. The van der Waals surface area contributed by atoms with Gasteiger partial charge < -0.3 is 20.3 Å². The van der Waals surface area contributed by atoms with E-state index in [-0.39, 0.29) is 36.7 Å². The van der Waals surface area contributed by atoms with Crippen molar-refractivity contribution < 1.29 is 19.1 Å². The number of ether oxygens (including phenoxy) is 1. The summed E-state index contributed by atoms with van der Waals surface area (Å²) in [5, 5.41) is 5.67. The number of nitrogens with zero attached hydrogens (tertiary/aromatic N) is 1. The summed E-state index contributed by atoms with van der Waals surface area (Å²) in [6.45, 7) is 4.78. The van der Waals surface area contributed by atoms with Crippen LogP contribution in [0.1, 0.15) is 25.3 Å². The zero-order valence-corrected chi connectivity index (χ0v) is 17.3. The van der Waals surface area contributed by atoms with Crippen molar-refractivity contribution in [1.82, 2.24) is 5.32 Å². The van der Waals surface area contributed by atoms with Gasteiger partial charge in [-0.15, -0.1) is 0 Å². The standard InChI is InChI=1S/C23H27N3O4/c1-3-12-24-23(29)17-13-22(28)26(14-17)18-8-10-19(11-9-18)30-15-21(27)25-20-7-5-4-6-16(20)2/h4-11,17H,3,12-15H2,1-2H3,(H,24,29)(H,25,27)/t17-/m1/s1. The molecule has 0 aliphatic carbocycles. The Labute approximate surface area is 176 Å². The highest BCUT2D eigenvalue weighted by Gasteiger charge is 2.34. The van der Waals surface area contributed by atoms with Crippen molar-refractivity contribution in [1.29, 1.82) is 0 Å². The molecule has 0 radical (unpaired) electrons. The summed E-state index contributed by atoms with van der Waals surface area (Å²) in [4.78, 5) is 38.2. The van der Waals surface area contributed by atoms with Gasteiger partial charge in [0.1, 0.15) is 5.75 Å². The third kappa shape index (κ3) is 5.37. The number of carbonyl (C=O) groups excluding carboxylic acids is 3. The number of hydrogen-bond donors (Lipinski definition) is 2. The third-order valence-corrected chi connectivity index (χ3v) is 4.98. The molecule has 1 heterocycles. The first-order valence-electron chi connectivity index (χ1n) is 10.1. The van der Waals surface area contributed by atoms with E-state index in [0.29, 0.717) is 24.5 Å². The van der Waals surface area contributed by atoms with Crippen LogP contribution < -0.4 is 20.3 Å². The molecule has 3 amide bonds. The summed E-state index contributed by atoms with van der Waals surface area (Å²) in [5.41, 5.74) is 2.45. The highest BCUT2D eigenvalue weighted by Crippen LogP contribution is 2.27. The molecule has 2 aromatic carbocycles. The number of nitrogens with one attached hydrogen (secondary N) is 2. The fourth-order valence-electron chi connectivity index (χ4n) is 3.30. The number of rotatable bonds is 8. The molecule has 1 atom stereocenters. The van der Waals surface area contributed by atoms with E-state index in [9.17, 15) is 14.4 Å². The molecular formula is C23H27N3O4. The number of aryl methyl sites for hydroxylation is 1. The van der Waals surface area contributed by atoms with E-state index in [4.69, 9.17) is 4.74 Å². The van der Waals surface area contributed by atoms with Crippen molar-refractivity contribution in [2.45, 2.75) is 26.7 Å². The number of amides is 3. The molecule has 0 unspecified atom stereocenters. The van der Waals surface area contributed by atoms with Crippen molar-refractivity contribution in [3.05, 3.63) is 54.1 Å². The Bertz CT molecular complexity index is 911. The van der Waals surface area contributed by atoms with Gasteiger partial charge in [-0.1, -0.05) is 25.1 Å². The van der Waals surface area contributed by atoms with Gasteiger partial charge in [0.2, 0.25) is 11.8 Å². The molecule has 7 nitrogen and oxygen atoms in total. The molecule has 158 valence electrons. The fourth-order valence-corrected chi connectivity index (χ4v) is 3.30. The topological polar surface area (TPSA) is 87.7 Å². The average molecular weight is 409 g/mol. The summed E-state index contributed by atoms with van der Waals surface area (Å²) < 4.78 is 5.55. The Morgan fingerprint density at radius 2 is 1.87 bits per heavy atom.